The largest absolute Gasteiger partial charge is 2.00 e. The molecule has 6 rings (SSSR count). The van der Waals surface area contributed by atoms with E-state index in [2.05, 4.69) is 20.4 Å². The van der Waals surface area contributed by atoms with Crippen LogP contribution in [0, 0.1) is 31.6 Å². The van der Waals surface area contributed by atoms with E-state index in [9.17, 15) is 14.7 Å². The van der Waals surface area contributed by atoms with Gasteiger partial charge in [0.15, 0.2) is 5.78 Å². The number of aliphatic hydroxyl groups is 1. The fraction of sp³-hybridized carbons (Fsp3) is 0.333. The van der Waals surface area contributed by atoms with Crippen molar-refractivity contribution in [1.29, 1.82) is 0 Å². The molecule has 0 saturated carbocycles. The van der Waals surface area contributed by atoms with Gasteiger partial charge in [0.1, 0.15) is 5.92 Å². The second-order valence-electron chi connectivity index (χ2n) is 11.1. The zero-order valence-electron chi connectivity index (χ0n) is 24.8. The molecule has 1 fully saturated rings. The molecule has 2 aliphatic heterocycles. The maximum absolute atomic E-state index is 13.8. The van der Waals surface area contributed by atoms with Crippen molar-refractivity contribution in [2.24, 2.45) is 17.8 Å². The maximum atomic E-state index is 13.8. The molecule has 0 amide bonds. The number of fused-ring (bicyclic) bond motifs is 8. The van der Waals surface area contributed by atoms with E-state index >= 15 is 0 Å². The molecule has 212 valence electrons. The predicted octanol–water partition coefficient (Wildman–Crippen LogP) is 1.47. The fourth-order valence-electron chi connectivity index (χ4n) is 6.57. The van der Waals surface area contributed by atoms with Crippen LogP contribution in [0.4, 0.5) is 0 Å². The number of esters is 1. The van der Waals surface area contributed by atoms with Gasteiger partial charge < -0.3 is 30.1 Å². The molecule has 0 aromatic carbocycles. The molecular formula is C33H32MgN4O4-2. The molecule has 3 aliphatic rings. The molecule has 1 unspecified atom stereocenters. The Morgan fingerprint density at radius 2 is 1.76 bits per heavy atom. The minimum atomic E-state index is -1.08. The van der Waals surface area contributed by atoms with E-state index < -0.39 is 17.9 Å². The van der Waals surface area contributed by atoms with Crippen LogP contribution in [-0.2, 0) is 16.0 Å². The summed E-state index contributed by atoms with van der Waals surface area (Å²) in [6, 6.07) is -0.425. The van der Waals surface area contributed by atoms with E-state index in [1.54, 1.807) is 6.08 Å². The van der Waals surface area contributed by atoms with Gasteiger partial charge >= 0.3 is 29.0 Å². The second-order valence-corrected chi connectivity index (χ2v) is 11.1. The molecule has 3 aromatic heterocycles. The number of ether oxygens (including phenoxy) is 1. The summed E-state index contributed by atoms with van der Waals surface area (Å²) in [4.78, 5) is 41.6. The van der Waals surface area contributed by atoms with Crippen LogP contribution in [0.3, 0.4) is 0 Å². The normalized spacial score (nSPS) is 25.5. The van der Waals surface area contributed by atoms with E-state index in [-0.39, 0.29) is 40.7 Å². The van der Waals surface area contributed by atoms with Crippen molar-refractivity contribution in [3.8, 4) is 0 Å². The number of carbonyl (C=O) groups excluding carboxylic acids is 2. The Morgan fingerprint density at radius 1 is 1.05 bits per heavy atom. The first-order valence-electron chi connectivity index (χ1n) is 13.9. The second kappa shape index (κ2) is 10.9. The number of Topliss-reactive ketones (excluding diaryl/α,β-unsaturated/α-hetero) is 1. The smallest absolute Gasteiger partial charge is 0.681 e. The average molecular weight is 573 g/mol. The number of aromatic nitrogens is 3. The van der Waals surface area contributed by atoms with E-state index in [1.165, 1.54) is 7.11 Å². The molecule has 5 heterocycles. The third-order valence-electron chi connectivity index (χ3n) is 9.09. The predicted molar refractivity (Wildman–Crippen MR) is 163 cm³/mol. The van der Waals surface area contributed by atoms with Gasteiger partial charge in [0.25, 0.3) is 0 Å². The van der Waals surface area contributed by atoms with Gasteiger partial charge in [-0.1, -0.05) is 80.0 Å². The van der Waals surface area contributed by atoms with Crippen LogP contribution in [0.1, 0.15) is 70.5 Å². The van der Waals surface area contributed by atoms with E-state index in [0.717, 1.165) is 34.3 Å². The molecular weight excluding hydrogens is 541 g/mol. The number of carbonyl (C=O) groups is 2. The number of allylic oxidation sites excluding steroid dienone is 1. The first-order valence-corrected chi connectivity index (χ1v) is 13.9. The van der Waals surface area contributed by atoms with Crippen molar-refractivity contribution in [3.05, 3.63) is 83.8 Å². The van der Waals surface area contributed by atoms with Crippen LogP contribution in [0.2, 0.25) is 0 Å². The third kappa shape index (κ3) is 4.16. The Kier molecular flexibility index (Phi) is 7.70. The quantitative estimate of drug-likeness (QED) is 0.287. The molecule has 0 radical (unpaired) electrons. The van der Waals surface area contributed by atoms with Crippen LogP contribution in [0.5, 0.6) is 0 Å². The molecule has 8 nitrogen and oxygen atoms in total. The number of methoxy groups -OCH3 is 1. The monoisotopic (exact) mass is 572 g/mol. The van der Waals surface area contributed by atoms with Crippen LogP contribution >= 0.6 is 0 Å². The summed E-state index contributed by atoms with van der Waals surface area (Å²) in [5, 5.41) is 17.7. The molecule has 3 aromatic rings. The summed E-state index contributed by atoms with van der Waals surface area (Å²) in [6.07, 6.45) is 9.20. The Hall–Kier alpha value is -3.69. The van der Waals surface area contributed by atoms with Crippen molar-refractivity contribution < 1.29 is 19.4 Å². The standard InChI is InChI=1S/C33H32N4O4.Mg/c1-8-18-16(5)22-10-21-14(3)15(4)30(36-21)28-29(33(40)41-7)32(39)27-17(6)23(37-31(27)28)11-25-19(9-2)20(13-38)26(35-25)12-24(18)34-22;/h8,10-15,29-30H,1,9H2,2-7H3,(H,38,39);/q-4;+2/b21-10-,26-12-;/t14-,15-,29+,30?;/m0./s1. The summed E-state index contributed by atoms with van der Waals surface area (Å²) in [5.41, 5.74) is 7.40. The zero-order chi connectivity index (χ0) is 29.3. The molecule has 1 N–H and O–H groups in total. The van der Waals surface area contributed by atoms with Gasteiger partial charge in [0.2, 0.25) is 0 Å². The number of hydrogen-bond acceptors (Lipinski definition) is 4. The van der Waals surface area contributed by atoms with Crippen LogP contribution in [0.15, 0.2) is 12.3 Å². The van der Waals surface area contributed by atoms with Gasteiger partial charge in [-0.25, -0.2) is 0 Å². The number of rotatable bonds is 3. The van der Waals surface area contributed by atoms with Crippen molar-refractivity contribution in [2.45, 2.75) is 47.1 Å². The summed E-state index contributed by atoms with van der Waals surface area (Å²) in [7, 11) is 1.30. The molecule has 1 aliphatic carbocycles. The molecule has 8 bridgehead atoms. The summed E-state index contributed by atoms with van der Waals surface area (Å²) < 4.78 is 5.11. The number of ketones is 1. The van der Waals surface area contributed by atoms with Crippen molar-refractivity contribution in [2.75, 3.05) is 7.11 Å². The Labute approximate surface area is 260 Å². The van der Waals surface area contributed by atoms with Crippen LogP contribution in [-0.4, -0.2) is 53.1 Å². The minimum absolute atomic E-state index is 0. The van der Waals surface area contributed by atoms with Gasteiger partial charge in [-0.2, -0.15) is 5.70 Å². The van der Waals surface area contributed by atoms with Gasteiger partial charge in [0.05, 0.1) is 13.4 Å². The van der Waals surface area contributed by atoms with E-state index in [4.69, 9.17) is 25.0 Å². The van der Waals surface area contributed by atoms with Crippen molar-refractivity contribution >= 4 is 70.9 Å². The Balaban J connectivity index is 0.00000353. The Bertz CT molecular complexity index is 1940. The number of nitrogens with zero attached hydrogens (tertiary/aromatic N) is 4. The SMILES string of the molecule is C=Cc1c2[n-]c(c1C)/C=C1\[N-]C(C3=c4[n-]/c(c(C)c4C(=O)[C@@H]3C(=O)OC)=C\c3[n-]c(/c(=C\O)c3CC)=C\2)[C@@H](C)[C@@H]1C.[Mg+2]. The molecule has 4 atom stereocenters. The third-order valence-corrected chi connectivity index (χ3v) is 9.09. The van der Waals surface area contributed by atoms with Crippen molar-refractivity contribution in [1.82, 2.24) is 15.0 Å². The number of hydrogen-bond donors (Lipinski definition) is 1. The fourth-order valence-corrected chi connectivity index (χ4v) is 6.57. The number of aliphatic hydroxyl groups excluding tert-OH is 1. The van der Waals surface area contributed by atoms with Gasteiger partial charge in [-0.3, -0.25) is 9.59 Å². The maximum Gasteiger partial charge on any atom is 2.00 e. The van der Waals surface area contributed by atoms with Crippen molar-refractivity contribution in [3.63, 3.8) is 0 Å². The molecule has 0 spiro atoms. The molecule has 9 heteroatoms. The summed E-state index contributed by atoms with van der Waals surface area (Å²) in [5.74, 6) is -1.93. The van der Waals surface area contributed by atoms with E-state index in [0.29, 0.717) is 55.8 Å². The summed E-state index contributed by atoms with van der Waals surface area (Å²) in [6.45, 7) is 14.1. The Morgan fingerprint density at radius 3 is 2.40 bits per heavy atom. The topological polar surface area (TPSA) is 120 Å². The van der Waals surface area contributed by atoms with E-state index in [1.807, 2.05) is 39.0 Å². The average Bonchev–Trinajstić information content (AvgIpc) is 3.70. The first-order chi connectivity index (χ1) is 19.6. The summed E-state index contributed by atoms with van der Waals surface area (Å²) >= 11 is 0. The minimum Gasteiger partial charge on any atom is -0.681 e. The molecule has 42 heavy (non-hydrogen) atoms. The van der Waals surface area contributed by atoms with Crippen LogP contribution < -0.4 is 36.2 Å². The van der Waals surface area contributed by atoms with Gasteiger partial charge in [-0.15, -0.1) is 33.1 Å². The van der Waals surface area contributed by atoms with Gasteiger partial charge in [0, 0.05) is 5.56 Å². The zero-order valence-corrected chi connectivity index (χ0v) is 26.2. The van der Waals surface area contributed by atoms with Gasteiger partial charge in [-0.05, 0) is 42.9 Å². The molecule has 1 saturated heterocycles. The first kappa shape index (κ1) is 29.8. The van der Waals surface area contributed by atoms with Crippen LogP contribution in [0.25, 0.3) is 41.5 Å².